The third kappa shape index (κ3) is 19.9. The molecule has 0 bridgehead atoms. The van der Waals surface area contributed by atoms with Gasteiger partial charge < -0.3 is 24.8 Å². The smallest absolute Gasteiger partial charge is 0.169 e. The van der Waals surface area contributed by atoms with Crippen LogP contribution in [0.5, 0.6) is 0 Å². The van der Waals surface area contributed by atoms with E-state index in [4.69, 9.17) is 0 Å². The number of halogens is 2. The van der Waals surface area contributed by atoms with E-state index in [2.05, 4.69) is 72.0 Å². The molecule has 2 aromatic heterocycles. The van der Waals surface area contributed by atoms with E-state index >= 15 is 0 Å². The van der Waals surface area contributed by atoms with Gasteiger partial charge in [-0.15, -0.1) is 0 Å². The fraction of sp³-hybridized carbons (Fsp3) is 0.722. The molecule has 230 valence electrons. The number of rotatable bonds is 25. The molecule has 0 amide bonds. The third-order valence-corrected chi connectivity index (χ3v) is 8.16. The van der Waals surface area contributed by atoms with Crippen molar-refractivity contribution in [3.05, 3.63) is 49.1 Å². The fourth-order valence-electron chi connectivity index (χ4n) is 5.51. The molecule has 0 aliphatic rings. The van der Waals surface area contributed by atoms with Crippen LogP contribution in [0.25, 0.3) is 11.1 Å². The minimum atomic E-state index is 0. The molecular weight excluding hydrogens is 531 g/mol. The topological polar surface area (TPSA) is 7.76 Å². The summed E-state index contributed by atoms with van der Waals surface area (Å²) in [6.45, 7) is 6.88. The van der Waals surface area contributed by atoms with Crippen molar-refractivity contribution in [1.29, 1.82) is 0 Å². The highest BCUT2D eigenvalue weighted by molar-refractivity contribution is 5.60. The number of nitrogens with zero attached hydrogens (tertiary/aromatic N) is 2. The molecule has 0 spiro atoms. The Kier molecular flexibility index (Phi) is 27.2. The van der Waals surface area contributed by atoms with Crippen LogP contribution >= 0.6 is 0 Å². The van der Waals surface area contributed by atoms with E-state index in [9.17, 15) is 0 Å². The summed E-state index contributed by atoms with van der Waals surface area (Å²) in [5, 5.41) is 0. The maximum Gasteiger partial charge on any atom is 0.169 e. The van der Waals surface area contributed by atoms with Crippen molar-refractivity contribution in [2.24, 2.45) is 0 Å². The van der Waals surface area contributed by atoms with Gasteiger partial charge in [0.25, 0.3) is 0 Å². The first-order valence-electron chi connectivity index (χ1n) is 16.8. The highest BCUT2D eigenvalue weighted by atomic mass is 35.5. The number of hydrogen-bond donors (Lipinski definition) is 0. The third-order valence-electron chi connectivity index (χ3n) is 8.16. The van der Waals surface area contributed by atoms with Gasteiger partial charge in [0.2, 0.25) is 0 Å². The monoisotopic (exact) mass is 592 g/mol. The summed E-state index contributed by atoms with van der Waals surface area (Å²) in [6.07, 6.45) is 40.0. The van der Waals surface area contributed by atoms with Gasteiger partial charge in [0.05, 0.1) is 0 Å². The van der Waals surface area contributed by atoms with Crippen molar-refractivity contribution in [3.63, 3.8) is 0 Å². The Morgan fingerprint density at radius 2 is 0.575 bits per heavy atom. The van der Waals surface area contributed by atoms with Gasteiger partial charge in [0.15, 0.2) is 24.8 Å². The van der Waals surface area contributed by atoms with E-state index in [1.807, 2.05) is 0 Å². The van der Waals surface area contributed by atoms with E-state index in [1.165, 1.54) is 152 Å². The van der Waals surface area contributed by atoms with Gasteiger partial charge in [-0.1, -0.05) is 129 Å². The second-order valence-corrected chi connectivity index (χ2v) is 11.7. The minimum absolute atomic E-state index is 0. The van der Waals surface area contributed by atoms with Gasteiger partial charge in [-0.2, -0.15) is 0 Å². The van der Waals surface area contributed by atoms with Crippen LogP contribution in [0, 0.1) is 0 Å². The molecule has 2 aromatic rings. The number of aryl methyl sites for hydroxylation is 2. The summed E-state index contributed by atoms with van der Waals surface area (Å²) in [6, 6.07) is 9.12. The van der Waals surface area contributed by atoms with E-state index in [1.54, 1.807) is 0 Å². The van der Waals surface area contributed by atoms with Gasteiger partial charge in [0.1, 0.15) is 13.1 Å². The number of unbranched alkanes of at least 4 members (excludes halogenated alkanes) is 20. The molecule has 0 aliphatic heterocycles. The fourth-order valence-corrected chi connectivity index (χ4v) is 5.51. The highest BCUT2D eigenvalue weighted by Gasteiger charge is 2.06. The van der Waals surface area contributed by atoms with E-state index < -0.39 is 0 Å². The van der Waals surface area contributed by atoms with Crippen LogP contribution in [0.15, 0.2) is 49.1 Å². The SMILES string of the molecule is CCCCCCCCCCCCC[n+]1ccc(-c2cc[n+](CCCCCCCCCCCCC)cc2)cc1.[Cl-].[Cl-]. The lowest BCUT2D eigenvalue weighted by molar-refractivity contribution is -0.697. The molecule has 0 atom stereocenters. The van der Waals surface area contributed by atoms with Gasteiger partial charge in [0, 0.05) is 37.1 Å². The van der Waals surface area contributed by atoms with Crippen LogP contribution in [0.2, 0.25) is 0 Å². The molecule has 0 aromatic carbocycles. The predicted octanol–water partition coefficient (Wildman–Crippen LogP) is 4.56. The van der Waals surface area contributed by atoms with Gasteiger partial charge in [-0.25, -0.2) is 9.13 Å². The summed E-state index contributed by atoms with van der Waals surface area (Å²) in [4.78, 5) is 0. The lowest BCUT2D eigenvalue weighted by Crippen LogP contribution is -3.00. The molecule has 0 fully saturated rings. The molecule has 40 heavy (non-hydrogen) atoms. The first-order valence-corrected chi connectivity index (χ1v) is 16.8. The zero-order valence-corrected chi connectivity index (χ0v) is 27.8. The molecule has 4 heteroatoms. The largest absolute Gasteiger partial charge is 1.00 e. The molecule has 2 rings (SSSR count). The van der Waals surface area contributed by atoms with E-state index in [0.29, 0.717) is 0 Å². The summed E-state index contributed by atoms with van der Waals surface area (Å²) < 4.78 is 4.71. The minimum Gasteiger partial charge on any atom is -1.00 e. The standard InChI is InChI=1S/C36H62N2.2ClH/c1-3-5-7-9-11-13-15-17-19-21-23-29-37-31-25-35(26-32-37)36-27-33-38(34-28-36)30-24-22-20-18-16-14-12-10-8-6-4-2;;/h25-28,31-34H,3-24,29-30H2,1-2H3;2*1H/q+2;;/p-2. The lowest BCUT2D eigenvalue weighted by atomic mass is 10.1. The summed E-state index contributed by atoms with van der Waals surface area (Å²) in [5.74, 6) is 0. The Bertz CT molecular complexity index is 709. The quantitative estimate of drug-likeness (QED) is 0.118. The Morgan fingerprint density at radius 3 is 0.825 bits per heavy atom. The second-order valence-electron chi connectivity index (χ2n) is 11.7. The maximum atomic E-state index is 2.35. The van der Waals surface area contributed by atoms with Crippen LogP contribution in [0.3, 0.4) is 0 Å². The summed E-state index contributed by atoms with van der Waals surface area (Å²) in [5.41, 5.74) is 2.64. The highest BCUT2D eigenvalue weighted by Crippen LogP contribution is 2.16. The number of hydrogen-bond acceptors (Lipinski definition) is 0. The van der Waals surface area contributed by atoms with Crippen molar-refractivity contribution in [3.8, 4) is 11.1 Å². The van der Waals surface area contributed by atoms with Gasteiger partial charge >= 0.3 is 0 Å². The Balaban J connectivity index is 0.00000760. The molecule has 0 aliphatic carbocycles. The predicted molar refractivity (Wildman–Crippen MR) is 165 cm³/mol. The Labute approximate surface area is 261 Å². The van der Waals surface area contributed by atoms with Gasteiger partial charge in [-0.3, -0.25) is 0 Å². The normalized spacial score (nSPS) is 10.8. The molecule has 2 nitrogen and oxygen atoms in total. The second kappa shape index (κ2) is 28.0. The average molecular weight is 594 g/mol. The Hall–Kier alpha value is -1.12. The van der Waals surface area contributed by atoms with Crippen LogP contribution in [-0.4, -0.2) is 0 Å². The molecule has 0 N–H and O–H groups in total. The molecule has 0 unspecified atom stereocenters. The zero-order chi connectivity index (χ0) is 26.9. The van der Waals surface area contributed by atoms with Crippen LogP contribution in [-0.2, 0) is 13.1 Å². The van der Waals surface area contributed by atoms with Crippen molar-refractivity contribution in [2.45, 2.75) is 168 Å². The molecular formula is C36H62Cl2N2. The average Bonchev–Trinajstić information content (AvgIpc) is 2.95. The van der Waals surface area contributed by atoms with Crippen molar-refractivity contribution in [2.75, 3.05) is 0 Å². The summed E-state index contributed by atoms with van der Waals surface area (Å²) in [7, 11) is 0. The lowest BCUT2D eigenvalue weighted by Gasteiger charge is -2.03. The molecule has 0 radical (unpaired) electrons. The molecule has 2 heterocycles. The Morgan fingerprint density at radius 1 is 0.350 bits per heavy atom. The van der Waals surface area contributed by atoms with Crippen molar-refractivity contribution in [1.82, 2.24) is 0 Å². The first kappa shape index (κ1) is 38.9. The van der Waals surface area contributed by atoms with E-state index in [0.717, 1.165) is 13.1 Å². The first-order chi connectivity index (χ1) is 18.8. The van der Waals surface area contributed by atoms with Crippen molar-refractivity contribution >= 4 is 0 Å². The maximum absolute atomic E-state index is 2.35. The van der Waals surface area contributed by atoms with Crippen LogP contribution in [0.4, 0.5) is 0 Å². The van der Waals surface area contributed by atoms with Gasteiger partial charge in [-0.05, 0) is 24.0 Å². The molecule has 0 saturated heterocycles. The van der Waals surface area contributed by atoms with Crippen LogP contribution < -0.4 is 33.9 Å². The number of aromatic nitrogens is 2. The summed E-state index contributed by atoms with van der Waals surface area (Å²) >= 11 is 0. The van der Waals surface area contributed by atoms with Crippen LogP contribution in [0.1, 0.15) is 155 Å². The molecule has 0 saturated carbocycles. The van der Waals surface area contributed by atoms with Crippen molar-refractivity contribution < 1.29 is 33.9 Å². The van der Waals surface area contributed by atoms with E-state index in [-0.39, 0.29) is 24.8 Å². The number of pyridine rings is 2. The zero-order valence-electron chi connectivity index (χ0n) is 26.2.